The number of carbonyl (C=O) groups is 2. The van der Waals surface area contributed by atoms with Crippen molar-refractivity contribution in [3.8, 4) is 11.8 Å². The van der Waals surface area contributed by atoms with Gasteiger partial charge in [-0.25, -0.2) is 4.79 Å². The number of aromatic carboxylic acids is 1. The van der Waals surface area contributed by atoms with Gasteiger partial charge >= 0.3 is 16.1 Å². The summed E-state index contributed by atoms with van der Waals surface area (Å²) in [6.07, 6.45) is 1.16. The first kappa shape index (κ1) is 24.7. The van der Waals surface area contributed by atoms with Gasteiger partial charge in [-0.15, -0.1) is 0 Å². The van der Waals surface area contributed by atoms with Crippen LogP contribution >= 0.6 is 15.9 Å². The monoisotopic (exact) mass is 540 g/mol. The first-order valence-corrected chi connectivity index (χ1v) is 11.9. The van der Waals surface area contributed by atoms with Crippen LogP contribution in [0.1, 0.15) is 21.5 Å². The van der Waals surface area contributed by atoms with E-state index in [9.17, 15) is 28.4 Å². The summed E-state index contributed by atoms with van der Waals surface area (Å²) in [5.74, 6) is -2.22. The van der Waals surface area contributed by atoms with Gasteiger partial charge in [0.2, 0.25) is 0 Å². The minimum atomic E-state index is -4.19. The molecule has 0 atom stereocenters. The summed E-state index contributed by atoms with van der Waals surface area (Å²) in [5.41, 5.74) is 0.483. The molecule has 0 saturated heterocycles. The molecule has 8 nitrogen and oxygen atoms in total. The fourth-order valence-electron chi connectivity index (χ4n) is 2.85. The van der Waals surface area contributed by atoms with Gasteiger partial charge in [0.1, 0.15) is 22.3 Å². The van der Waals surface area contributed by atoms with Crippen LogP contribution in [0.15, 0.2) is 81.7 Å². The molecule has 1 amide bonds. The van der Waals surface area contributed by atoms with Gasteiger partial charge in [-0.05, 0) is 55.5 Å². The Kier molecular flexibility index (Phi) is 7.50. The lowest BCUT2D eigenvalue weighted by Crippen LogP contribution is -2.16. The van der Waals surface area contributed by atoms with Crippen LogP contribution in [0.25, 0.3) is 6.08 Å². The summed E-state index contributed by atoms with van der Waals surface area (Å²) in [6, 6.07) is 18.0. The van der Waals surface area contributed by atoms with Crippen molar-refractivity contribution < 1.29 is 27.3 Å². The lowest BCUT2D eigenvalue weighted by Gasteiger charge is -2.11. The van der Waals surface area contributed by atoms with E-state index in [-0.39, 0.29) is 27.5 Å². The minimum Gasteiger partial charge on any atom is -0.478 e. The number of benzene rings is 3. The van der Waals surface area contributed by atoms with Crippen molar-refractivity contribution in [1.82, 2.24) is 0 Å². The molecular formula is C24H17BrN2O6S. The van der Waals surface area contributed by atoms with Crippen LogP contribution in [-0.4, -0.2) is 25.4 Å². The van der Waals surface area contributed by atoms with E-state index in [1.54, 1.807) is 24.3 Å². The van der Waals surface area contributed by atoms with Crippen molar-refractivity contribution in [2.75, 3.05) is 5.32 Å². The Morgan fingerprint density at radius 1 is 1.09 bits per heavy atom. The zero-order valence-corrected chi connectivity index (χ0v) is 20.1. The number of anilines is 1. The number of nitrogens with one attached hydrogen (secondary N) is 1. The standard InChI is InChI=1S/C24H17BrN2O6S/c1-15-6-9-19(10-7-15)34(31,32)33-22-11-8-18(25)13-16(22)12-17(14-26)23(28)27-21-5-3-2-4-20(21)24(29)30/h2-13H,1H3,(H,27,28)(H,29,30)/b17-12+. The second-order valence-corrected chi connectivity index (χ2v) is 9.47. The van der Waals surface area contributed by atoms with Crippen LogP contribution in [0, 0.1) is 18.3 Å². The summed E-state index contributed by atoms with van der Waals surface area (Å²) in [7, 11) is -4.19. The number of amides is 1. The number of carbonyl (C=O) groups excluding carboxylic acids is 1. The topological polar surface area (TPSA) is 134 Å². The van der Waals surface area contributed by atoms with Crippen LogP contribution in [0.3, 0.4) is 0 Å². The molecule has 0 radical (unpaired) electrons. The molecule has 10 heteroatoms. The average Bonchev–Trinajstić information content (AvgIpc) is 2.79. The highest BCUT2D eigenvalue weighted by atomic mass is 79.9. The number of nitrogens with zero attached hydrogens (tertiary/aromatic N) is 1. The molecular weight excluding hydrogens is 524 g/mol. The zero-order chi connectivity index (χ0) is 24.9. The highest BCUT2D eigenvalue weighted by molar-refractivity contribution is 9.10. The average molecular weight is 541 g/mol. The number of hydrogen-bond acceptors (Lipinski definition) is 6. The maximum absolute atomic E-state index is 12.7. The molecule has 3 aromatic rings. The minimum absolute atomic E-state index is 0.00816. The van der Waals surface area contributed by atoms with Gasteiger partial charge in [0.25, 0.3) is 5.91 Å². The molecule has 0 aromatic heterocycles. The van der Waals surface area contributed by atoms with Gasteiger partial charge in [0.15, 0.2) is 0 Å². The molecule has 2 N–H and O–H groups in total. The molecule has 34 heavy (non-hydrogen) atoms. The molecule has 0 saturated carbocycles. The maximum Gasteiger partial charge on any atom is 0.339 e. The highest BCUT2D eigenvalue weighted by Gasteiger charge is 2.20. The summed E-state index contributed by atoms with van der Waals surface area (Å²) in [6.45, 7) is 1.82. The summed E-state index contributed by atoms with van der Waals surface area (Å²) < 4.78 is 31.3. The Labute approximate surface area is 204 Å². The van der Waals surface area contributed by atoms with Crippen LogP contribution in [0.4, 0.5) is 5.69 Å². The lowest BCUT2D eigenvalue weighted by atomic mass is 10.1. The fourth-order valence-corrected chi connectivity index (χ4v) is 4.18. The van der Waals surface area contributed by atoms with Crippen LogP contribution in [0.5, 0.6) is 5.75 Å². The van der Waals surface area contributed by atoms with Gasteiger partial charge < -0.3 is 14.6 Å². The van der Waals surface area contributed by atoms with Crippen molar-refractivity contribution in [3.05, 3.63) is 93.5 Å². The fraction of sp³-hybridized carbons (Fsp3) is 0.0417. The van der Waals surface area contributed by atoms with E-state index in [2.05, 4.69) is 21.2 Å². The van der Waals surface area contributed by atoms with Gasteiger partial charge in [-0.3, -0.25) is 4.79 Å². The van der Waals surface area contributed by atoms with E-state index in [4.69, 9.17) is 4.18 Å². The third kappa shape index (κ3) is 5.89. The number of carboxylic acid groups (broad SMARTS) is 1. The number of para-hydroxylation sites is 1. The largest absolute Gasteiger partial charge is 0.478 e. The molecule has 3 rings (SSSR count). The molecule has 0 unspecified atom stereocenters. The third-order valence-corrected chi connectivity index (χ3v) is 6.29. The molecule has 0 aliphatic carbocycles. The number of carboxylic acids is 1. The number of hydrogen-bond donors (Lipinski definition) is 2. The zero-order valence-electron chi connectivity index (χ0n) is 17.7. The number of rotatable bonds is 7. The van der Waals surface area contributed by atoms with Crippen LogP contribution < -0.4 is 9.50 Å². The van der Waals surface area contributed by atoms with Crippen molar-refractivity contribution in [2.24, 2.45) is 0 Å². The van der Waals surface area contributed by atoms with Crippen LogP contribution in [-0.2, 0) is 14.9 Å². The maximum atomic E-state index is 12.7. The molecule has 0 spiro atoms. The van der Waals surface area contributed by atoms with E-state index in [1.807, 2.05) is 6.92 Å². The second-order valence-electron chi connectivity index (χ2n) is 7.01. The predicted octanol–water partition coefficient (Wildman–Crippen LogP) is 4.77. The molecule has 3 aromatic carbocycles. The van der Waals surface area contributed by atoms with Crippen molar-refractivity contribution in [1.29, 1.82) is 5.26 Å². The van der Waals surface area contributed by atoms with Crippen molar-refractivity contribution in [2.45, 2.75) is 11.8 Å². The van der Waals surface area contributed by atoms with Gasteiger partial charge in [0, 0.05) is 10.0 Å². The molecule has 172 valence electrons. The third-order valence-electron chi connectivity index (χ3n) is 4.55. The Balaban J connectivity index is 1.96. The molecule has 0 aliphatic heterocycles. The number of aryl methyl sites for hydroxylation is 1. The Morgan fingerprint density at radius 3 is 2.41 bits per heavy atom. The Hall–Kier alpha value is -3.94. The Morgan fingerprint density at radius 2 is 1.76 bits per heavy atom. The van der Waals surface area contributed by atoms with Crippen molar-refractivity contribution in [3.63, 3.8) is 0 Å². The molecule has 0 heterocycles. The normalized spacial score (nSPS) is 11.4. The predicted molar refractivity (Wildman–Crippen MR) is 129 cm³/mol. The quantitative estimate of drug-likeness (QED) is 0.250. The van der Waals surface area contributed by atoms with E-state index in [0.29, 0.717) is 4.47 Å². The van der Waals surface area contributed by atoms with Crippen molar-refractivity contribution >= 4 is 49.7 Å². The van der Waals surface area contributed by atoms with E-state index < -0.39 is 27.6 Å². The Bertz CT molecular complexity index is 1440. The molecule has 0 aliphatic rings. The van der Waals surface area contributed by atoms with Gasteiger partial charge in [0.05, 0.1) is 11.3 Å². The smallest absolute Gasteiger partial charge is 0.339 e. The molecule has 0 bridgehead atoms. The first-order chi connectivity index (χ1) is 16.1. The first-order valence-electron chi connectivity index (χ1n) is 9.67. The van der Waals surface area contributed by atoms with Gasteiger partial charge in [-0.2, -0.15) is 13.7 Å². The summed E-state index contributed by atoms with van der Waals surface area (Å²) in [5, 5.41) is 21.2. The lowest BCUT2D eigenvalue weighted by molar-refractivity contribution is -0.112. The number of halogens is 1. The molecule has 0 fully saturated rings. The highest BCUT2D eigenvalue weighted by Crippen LogP contribution is 2.29. The van der Waals surface area contributed by atoms with E-state index in [1.165, 1.54) is 48.5 Å². The van der Waals surface area contributed by atoms with E-state index in [0.717, 1.165) is 11.6 Å². The SMILES string of the molecule is Cc1ccc(S(=O)(=O)Oc2ccc(Br)cc2/C=C(\C#N)C(=O)Nc2ccccc2C(=O)O)cc1. The van der Waals surface area contributed by atoms with Gasteiger partial charge in [-0.1, -0.05) is 45.8 Å². The summed E-state index contributed by atoms with van der Waals surface area (Å²) in [4.78, 5) is 24.0. The van der Waals surface area contributed by atoms with Crippen LogP contribution in [0.2, 0.25) is 0 Å². The second kappa shape index (κ2) is 10.3. The number of nitriles is 1. The van der Waals surface area contributed by atoms with E-state index >= 15 is 0 Å². The summed E-state index contributed by atoms with van der Waals surface area (Å²) >= 11 is 3.27.